The molecule has 0 unspecified atom stereocenters. The summed E-state index contributed by atoms with van der Waals surface area (Å²) >= 11 is 5.72. The molecule has 2 aromatic rings. The molecule has 0 bridgehead atoms. The fourth-order valence-corrected chi connectivity index (χ4v) is 1.47. The van der Waals surface area contributed by atoms with E-state index in [9.17, 15) is 0 Å². The molecule has 0 aliphatic carbocycles. The van der Waals surface area contributed by atoms with E-state index in [0.717, 1.165) is 16.8 Å². The Bertz CT molecular complexity index is 439. The number of aromatic nitrogens is 2. The smallest absolute Gasteiger partial charge is 0.181 e. The number of hydrogen-bond donors (Lipinski definition) is 0. The van der Waals surface area contributed by atoms with Crippen molar-refractivity contribution in [1.82, 2.24) is 9.97 Å². The second-order valence-electron chi connectivity index (χ2n) is 3.01. The molecule has 0 amide bonds. The van der Waals surface area contributed by atoms with Crippen molar-refractivity contribution >= 4 is 11.6 Å². The first-order valence-corrected chi connectivity index (χ1v) is 4.75. The lowest BCUT2D eigenvalue weighted by molar-refractivity contribution is 0.571. The topological polar surface area (TPSA) is 38.9 Å². The van der Waals surface area contributed by atoms with Gasteiger partial charge in [0, 0.05) is 18.0 Å². The quantitative estimate of drug-likeness (QED) is 0.713. The summed E-state index contributed by atoms with van der Waals surface area (Å²) in [7, 11) is 0. The van der Waals surface area contributed by atoms with Crippen LogP contribution in [0, 0.1) is 6.92 Å². The maximum absolute atomic E-state index is 5.72. The number of aryl methyl sites for hydroxylation is 1. The van der Waals surface area contributed by atoms with Crippen molar-refractivity contribution in [3.63, 3.8) is 0 Å². The lowest BCUT2D eigenvalue weighted by Crippen LogP contribution is -1.85. The van der Waals surface area contributed by atoms with Crippen LogP contribution in [0.4, 0.5) is 0 Å². The van der Waals surface area contributed by atoms with Crippen LogP contribution < -0.4 is 0 Å². The van der Waals surface area contributed by atoms with E-state index in [-0.39, 0.29) is 0 Å². The Morgan fingerprint density at radius 2 is 2.29 bits per heavy atom. The van der Waals surface area contributed by atoms with Gasteiger partial charge in [0.25, 0.3) is 0 Å². The molecule has 0 saturated heterocycles. The van der Waals surface area contributed by atoms with Crippen LogP contribution in [0.15, 0.2) is 29.3 Å². The van der Waals surface area contributed by atoms with E-state index in [1.807, 2.05) is 13.0 Å². The van der Waals surface area contributed by atoms with Gasteiger partial charge in [0.1, 0.15) is 5.69 Å². The summed E-state index contributed by atoms with van der Waals surface area (Å²) in [5, 5.41) is 0. The second-order valence-corrected chi connectivity index (χ2v) is 3.28. The summed E-state index contributed by atoms with van der Waals surface area (Å²) < 4.78 is 5.26. The zero-order valence-electron chi connectivity index (χ0n) is 7.70. The predicted octanol–water partition coefficient (Wildman–Crippen LogP) is 2.78. The first-order valence-electron chi connectivity index (χ1n) is 4.21. The van der Waals surface area contributed by atoms with E-state index in [1.165, 1.54) is 6.39 Å². The van der Waals surface area contributed by atoms with Gasteiger partial charge in [0.05, 0.1) is 5.88 Å². The molecule has 4 heteroatoms. The van der Waals surface area contributed by atoms with Crippen molar-refractivity contribution in [2.75, 3.05) is 0 Å². The summed E-state index contributed by atoms with van der Waals surface area (Å²) in [6.45, 7) is 1.98. The van der Waals surface area contributed by atoms with Crippen LogP contribution in [0.3, 0.4) is 0 Å². The molecular formula is C10H9ClN2O. The monoisotopic (exact) mass is 208 g/mol. The highest BCUT2D eigenvalue weighted by Gasteiger charge is 2.09. The highest BCUT2D eigenvalue weighted by Crippen LogP contribution is 2.23. The average Bonchev–Trinajstić information content (AvgIpc) is 2.65. The van der Waals surface area contributed by atoms with Gasteiger partial charge in [0.15, 0.2) is 12.2 Å². The van der Waals surface area contributed by atoms with Crippen LogP contribution in [-0.4, -0.2) is 9.97 Å². The highest BCUT2D eigenvalue weighted by molar-refractivity contribution is 6.17. The summed E-state index contributed by atoms with van der Waals surface area (Å²) in [6.07, 6.45) is 4.93. The van der Waals surface area contributed by atoms with Crippen molar-refractivity contribution < 1.29 is 4.42 Å². The second kappa shape index (κ2) is 3.80. The van der Waals surface area contributed by atoms with Crippen LogP contribution >= 0.6 is 11.6 Å². The molecule has 0 saturated carbocycles. The molecule has 0 spiro atoms. The molecule has 0 radical (unpaired) electrons. The number of rotatable bonds is 2. The Morgan fingerprint density at radius 1 is 1.43 bits per heavy atom. The largest absolute Gasteiger partial charge is 0.443 e. The molecule has 2 aromatic heterocycles. The van der Waals surface area contributed by atoms with E-state index in [2.05, 4.69) is 9.97 Å². The van der Waals surface area contributed by atoms with Crippen molar-refractivity contribution in [2.24, 2.45) is 0 Å². The number of hydrogen-bond acceptors (Lipinski definition) is 3. The average molecular weight is 209 g/mol. The molecule has 0 N–H and O–H groups in total. The maximum Gasteiger partial charge on any atom is 0.181 e. The van der Waals surface area contributed by atoms with Crippen molar-refractivity contribution in [2.45, 2.75) is 12.8 Å². The number of alkyl halides is 1. The zero-order valence-corrected chi connectivity index (χ0v) is 8.45. The summed E-state index contributed by atoms with van der Waals surface area (Å²) in [5.41, 5.74) is 2.75. The fourth-order valence-electron chi connectivity index (χ4n) is 1.28. The minimum absolute atomic E-state index is 0.347. The molecule has 0 atom stereocenters. The molecule has 14 heavy (non-hydrogen) atoms. The van der Waals surface area contributed by atoms with E-state index in [1.54, 1.807) is 12.4 Å². The predicted molar refractivity (Wildman–Crippen MR) is 54.0 cm³/mol. The standard InChI is InChI=1S/C10H9ClN2O/c1-7-2-8(5-12-4-7)10-9(3-11)13-6-14-10/h2,4-6H,3H2,1H3. The molecule has 72 valence electrons. The summed E-state index contributed by atoms with van der Waals surface area (Å²) in [5.74, 6) is 1.05. The molecular weight excluding hydrogens is 200 g/mol. The Hall–Kier alpha value is -1.35. The summed E-state index contributed by atoms with van der Waals surface area (Å²) in [4.78, 5) is 8.10. The highest BCUT2D eigenvalue weighted by atomic mass is 35.5. The van der Waals surface area contributed by atoms with Crippen molar-refractivity contribution in [3.8, 4) is 11.3 Å². The SMILES string of the molecule is Cc1cncc(-c2ocnc2CCl)c1. The Balaban J connectivity index is 2.49. The number of halogens is 1. The third-order valence-corrected chi connectivity index (χ3v) is 2.16. The minimum atomic E-state index is 0.347. The van der Waals surface area contributed by atoms with Gasteiger partial charge in [-0.1, -0.05) is 0 Å². The van der Waals surface area contributed by atoms with Crippen LogP contribution in [0.25, 0.3) is 11.3 Å². The zero-order chi connectivity index (χ0) is 9.97. The fraction of sp³-hybridized carbons (Fsp3) is 0.200. The molecule has 0 aliphatic heterocycles. The molecule has 2 heterocycles. The van der Waals surface area contributed by atoms with E-state index in [4.69, 9.17) is 16.0 Å². The van der Waals surface area contributed by atoms with Crippen LogP contribution in [-0.2, 0) is 5.88 Å². The van der Waals surface area contributed by atoms with E-state index < -0.39 is 0 Å². The van der Waals surface area contributed by atoms with Gasteiger partial charge < -0.3 is 4.42 Å². The third kappa shape index (κ3) is 1.63. The molecule has 0 fully saturated rings. The minimum Gasteiger partial charge on any atom is -0.443 e. The van der Waals surface area contributed by atoms with E-state index >= 15 is 0 Å². The molecule has 2 rings (SSSR count). The van der Waals surface area contributed by atoms with Gasteiger partial charge in [-0.05, 0) is 18.6 Å². The van der Waals surface area contributed by atoms with Crippen molar-refractivity contribution in [3.05, 3.63) is 36.1 Å². The first-order chi connectivity index (χ1) is 6.81. The van der Waals surface area contributed by atoms with Gasteiger partial charge in [-0.2, -0.15) is 0 Å². The molecule has 3 nitrogen and oxygen atoms in total. The third-order valence-electron chi connectivity index (χ3n) is 1.90. The lowest BCUT2D eigenvalue weighted by Gasteiger charge is -1.98. The van der Waals surface area contributed by atoms with Crippen LogP contribution in [0.2, 0.25) is 0 Å². The molecule has 0 aromatic carbocycles. The number of nitrogens with zero attached hydrogens (tertiary/aromatic N) is 2. The normalized spacial score (nSPS) is 10.4. The molecule has 0 aliphatic rings. The number of oxazole rings is 1. The number of pyridine rings is 1. The van der Waals surface area contributed by atoms with Gasteiger partial charge in [-0.3, -0.25) is 4.98 Å². The van der Waals surface area contributed by atoms with Crippen molar-refractivity contribution in [1.29, 1.82) is 0 Å². The Morgan fingerprint density at radius 3 is 3.00 bits per heavy atom. The van der Waals surface area contributed by atoms with Gasteiger partial charge >= 0.3 is 0 Å². The van der Waals surface area contributed by atoms with E-state index in [0.29, 0.717) is 11.6 Å². The summed E-state index contributed by atoms with van der Waals surface area (Å²) in [6, 6.07) is 1.99. The Kier molecular flexibility index (Phi) is 2.50. The lowest BCUT2D eigenvalue weighted by atomic mass is 10.1. The van der Waals surface area contributed by atoms with Gasteiger partial charge in [0.2, 0.25) is 0 Å². The van der Waals surface area contributed by atoms with Crippen LogP contribution in [0.1, 0.15) is 11.3 Å². The Labute approximate surface area is 86.8 Å². The first kappa shape index (κ1) is 9.21. The van der Waals surface area contributed by atoms with Crippen LogP contribution in [0.5, 0.6) is 0 Å². The van der Waals surface area contributed by atoms with Gasteiger partial charge in [-0.25, -0.2) is 4.98 Å². The maximum atomic E-state index is 5.72. The van der Waals surface area contributed by atoms with Gasteiger partial charge in [-0.15, -0.1) is 11.6 Å².